The van der Waals surface area contributed by atoms with E-state index in [2.05, 4.69) is 17.6 Å². The molecule has 1 fully saturated rings. The summed E-state index contributed by atoms with van der Waals surface area (Å²) in [6.45, 7) is 3.63. The van der Waals surface area contributed by atoms with Crippen molar-refractivity contribution in [3.05, 3.63) is 24.3 Å². The molecule has 1 saturated carbocycles. The molecule has 0 heterocycles. The molecule has 0 unspecified atom stereocenters. The van der Waals surface area contributed by atoms with E-state index in [1.807, 2.05) is 0 Å². The van der Waals surface area contributed by atoms with Crippen molar-refractivity contribution in [3.63, 3.8) is 0 Å². The number of rotatable bonds is 5. The summed E-state index contributed by atoms with van der Waals surface area (Å²) in [5.41, 5.74) is 0.659. The van der Waals surface area contributed by atoms with Crippen molar-refractivity contribution in [3.8, 4) is 5.75 Å². The maximum absolute atomic E-state index is 12.0. The lowest BCUT2D eigenvalue weighted by molar-refractivity contribution is -0.124. The molecule has 1 aliphatic carbocycles. The highest BCUT2D eigenvalue weighted by atomic mass is 16.5. The molecule has 0 spiro atoms. The third-order valence-electron chi connectivity index (χ3n) is 3.98. The number of ether oxygens (including phenoxy) is 1. The van der Waals surface area contributed by atoms with E-state index < -0.39 is 0 Å². The summed E-state index contributed by atoms with van der Waals surface area (Å²) in [5, 5.41) is 5.74. The maximum atomic E-state index is 12.0. The van der Waals surface area contributed by atoms with Gasteiger partial charge >= 0.3 is 0 Å². The van der Waals surface area contributed by atoms with Gasteiger partial charge in [-0.2, -0.15) is 0 Å². The minimum atomic E-state index is -0.138. The summed E-state index contributed by atoms with van der Waals surface area (Å²) in [6, 6.07) is 7.29. The van der Waals surface area contributed by atoms with Crippen LogP contribution in [0.1, 0.15) is 39.5 Å². The van der Waals surface area contributed by atoms with Gasteiger partial charge in [-0.1, -0.05) is 25.8 Å². The van der Waals surface area contributed by atoms with Gasteiger partial charge in [0.25, 0.3) is 5.91 Å². The molecule has 120 valence electrons. The topological polar surface area (TPSA) is 67.4 Å². The van der Waals surface area contributed by atoms with E-state index in [0.717, 1.165) is 6.42 Å². The number of amides is 2. The number of carbonyl (C=O) groups is 2. The zero-order chi connectivity index (χ0) is 15.9. The molecule has 1 aliphatic rings. The summed E-state index contributed by atoms with van der Waals surface area (Å²) in [5.74, 6) is 0.865. The molecule has 2 amide bonds. The van der Waals surface area contributed by atoms with Crippen LogP contribution in [0.2, 0.25) is 0 Å². The van der Waals surface area contributed by atoms with Gasteiger partial charge in [-0.3, -0.25) is 9.59 Å². The molecule has 0 aromatic heterocycles. The highest BCUT2D eigenvalue weighted by Gasteiger charge is 2.22. The second-order valence-corrected chi connectivity index (χ2v) is 5.93. The van der Waals surface area contributed by atoms with Crippen LogP contribution < -0.4 is 15.4 Å². The van der Waals surface area contributed by atoms with Crippen molar-refractivity contribution in [2.45, 2.75) is 45.6 Å². The van der Waals surface area contributed by atoms with Crippen molar-refractivity contribution in [1.29, 1.82) is 0 Å². The van der Waals surface area contributed by atoms with E-state index >= 15 is 0 Å². The van der Waals surface area contributed by atoms with E-state index in [1.54, 1.807) is 24.3 Å². The normalized spacial score (nSPS) is 21.0. The van der Waals surface area contributed by atoms with E-state index in [-0.39, 0.29) is 24.5 Å². The Balaban J connectivity index is 1.81. The lowest BCUT2D eigenvalue weighted by Gasteiger charge is -2.29. The Morgan fingerprint density at radius 1 is 1.27 bits per heavy atom. The largest absolute Gasteiger partial charge is 0.484 e. The zero-order valence-corrected chi connectivity index (χ0v) is 13.2. The van der Waals surface area contributed by atoms with Gasteiger partial charge in [0.05, 0.1) is 0 Å². The summed E-state index contributed by atoms with van der Waals surface area (Å²) in [6.07, 6.45) is 4.64. The van der Waals surface area contributed by atoms with Gasteiger partial charge < -0.3 is 15.4 Å². The van der Waals surface area contributed by atoms with E-state index in [4.69, 9.17) is 4.74 Å². The van der Waals surface area contributed by atoms with Crippen molar-refractivity contribution in [2.75, 3.05) is 11.9 Å². The van der Waals surface area contributed by atoms with Gasteiger partial charge in [0, 0.05) is 24.7 Å². The molecule has 0 aliphatic heterocycles. The smallest absolute Gasteiger partial charge is 0.258 e. The molecule has 2 rings (SSSR count). The van der Waals surface area contributed by atoms with Crippen LogP contribution >= 0.6 is 0 Å². The zero-order valence-electron chi connectivity index (χ0n) is 13.2. The molecular formula is C17H24N2O3. The van der Waals surface area contributed by atoms with Crippen LogP contribution in [0.3, 0.4) is 0 Å². The number of benzene rings is 1. The van der Waals surface area contributed by atoms with Crippen LogP contribution in [0.5, 0.6) is 5.75 Å². The lowest BCUT2D eigenvalue weighted by Crippen LogP contribution is -2.43. The van der Waals surface area contributed by atoms with Crippen LogP contribution in [0.25, 0.3) is 0 Å². The molecule has 22 heavy (non-hydrogen) atoms. The molecule has 5 heteroatoms. The van der Waals surface area contributed by atoms with Crippen molar-refractivity contribution >= 4 is 17.5 Å². The van der Waals surface area contributed by atoms with Crippen LogP contribution in [0.4, 0.5) is 5.69 Å². The fraction of sp³-hybridized carbons (Fsp3) is 0.529. The molecule has 0 saturated heterocycles. The first-order valence-corrected chi connectivity index (χ1v) is 7.84. The average molecular weight is 304 g/mol. The second-order valence-electron chi connectivity index (χ2n) is 5.93. The molecule has 2 N–H and O–H groups in total. The summed E-state index contributed by atoms with van der Waals surface area (Å²) < 4.78 is 5.50. The third kappa shape index (κ3) is 5.06. The average Bonchev–Trinajstić information content (AvgIpc) is 2.47. The number of carbonyl (C=O) groups excluding carboxylic acids is 2. The Labute approximate surface area is 131 Å². The van der Waals surface area contributed by atoms with Crippen LogP contribution in [-0.4, -0.2) is 24.5 Å². The number of hydrogen-bond acceptors (Lipinski definition) is 3. The van der Waals surface area contributed by atoms with Gasteiger partial charge in [-0.15, -0.1) is 0 Å². The van der Waals surface area contributed by atoms with Crippen LogP contribution in [0, 0.1) is 5.92 Å². The van der Waals surface area contributed by atoms with E-state index in [1.165, 1.54) is 26.2 Å². The molecule has 2 atom stereocenters. The van der Waals surface area contributed by atoms with Gasteiger partial charge in [0.2, 0.25) is 5.91 Å². The van der Waals surface area contributed by atoms with Crippen LogP contribution in [-0.2, 0) is 9.59 Å². The molecule has 1 aromatic rings. The second kappa shape index (κ2) is 7.82. The first kappa shape index (κ1) is 16.3. The van der Waals surface area contributed by atoms with E-state index in [0.29, 0.717) is 17.4 Å². The Morgan fingerprint density at radius 3 is 2.77 bits per heavy atom. The number of nitrogens with one attached hydrogen (secondary N) is 2. The summed E-state index contributed by atoms with van der Waals surface area (Å²) in [7, 11) is 0. The molecule has 0 bridgehead atoms. The highest BCUT2D eigenvalue weighted by Crippen LogP contribution is 2.23. The fourth-order valence-corrected chi connectivity index (χ4v) is 2.79. The number of anilines is 1. The van der Waals surface area contributed by atoms with E-state index in [9.17, 15) is 9.59 Å². The Morgan fingerprint density at radius 2 is 2.05 bits per heavy atom. The SMILES string of the molecule is CC(=O)Nc1cccc(OCC(=O)N[C@H]2CCCC[C@H]2C)c1. The maximum Gasteiger partial charge on any atom is 0.258 e. The Kier molecular flexibility index (Phi) is 5.81. The molecule has 1 aromatic carbocycles. The molecule has 0 radical (unpaired) electrons. The van der Waals surface area contributed by atoms with Crippen molar-refractivity contribution in [2.24, 2.45) is 5.92 Å². The van der Waals surface area contributed by atoms with Crippen molar-refractivity contribution < 1.29 is 14.3 Å². The minimum absolute atomic E-state index is 0.00720. The monoisotopic (exact) mass is 304 g/mol. The number of hydrogen-bond donors (Lipinski definition) is 2. The van der Waals surface area contributed by atoms with Crippen molar-refractivity contribution in [1.82, 2.24) is 5.32 Å². The first-order chi connectivity index (χ1) is 10.5. The Hall–Kier alpha value is -2.04. The van der Waals surface area contributed by atoms with Gasteiger partial charge in [-0.05, 0) is 30.9 Å². The third-order valence-corrected chi connectivity index (χ3v) is 3.98. The summed E-state index contributed by atoms with van der Waals surface area (Å²) in [4.78, 5) is 23.0. The quantitative estimate of drug-likeness (QED) is 0.879. The highest BCUT2D eigenvalue weighted by molar-refractivity contribution is 5.88. The minimum Gasteiger partial charge on any atom is -0.484 e. The van der Waals surface area contributed by atoms with Gasteiger partial charge in [-0.25, -0.2) is 0 Å². The fourth-order valence-electron chi connectivity index (χ4n) is 2.79. The molecular weight excluding hydrogens is 280 g/mol. The first-order valence-electron chi connectivity index (χ1n) is 7.84. The predicted octanol–water partition coefficient (Wildman–Crippen LogP) is 2.72. The standard InChI is InChI=1S/C17H24N2O3/c1-12-6-3-4-9-16(12)19-17(21)11-22-15-8-5-7-14(10-15)18-13(2)20/h5,7-8,10,12,16H,3-4,6,9,11H2,1-2H3,(H,18,20)(H,19,21)/t12-,16+/m1/s1. The summed E-state index contributed by atoms with van der Waals surface area (Å²) >= 11 is 0. The Bertz CT molecular complexity index is 530. The lowest BCUT2D eigenvalue weighted by atomic mass is 9.86. The predicted molar refractivity (Wildman–Crippen MR) is 85.8 cm³/mol. The van der Waals surface area contributed by atoms with Gasteiger partial charge in [0.1, 0.15) is 5.75 Å². The van der Waals surface area contributed by atoms with Crippen LogP contribution in [0.15, 0.2) is 24.3 Å². The van der Waals surface area contributed by atoms with Gasteiger partial charge in [0.15, 0.2) is 6.61 Å². The molecule has 5 nitrogen and oxygen atoms in total.